The Bertz CT molecular complexity index is 584. The Balaban J connectivity index is 0.000000481. The molecule has 1 fully saturated rings. The predicted molar refractivity (Wildman–Crippen MR) is 110 cm³/mol. The molecule has 0 radical (unpaired) electrons. The van der Waals surface area contributed by atoms with Crippen LogP contribution in [-0.2, 0) is 11.2 Å². The summed E-state index contributed by atoms with van der Waals surface area (Å²) in [4.78, 5) is 17.6. The van der Waals surface area contributed by atoms with Crippen molar-refractivity contribution in [3.8, 4) is 0 Å². The zero-order chi connectivity index (χ0) is 19.1. The molecule has 1 aliphatic rings. The van der Waals surface area contributed by atoms with Crippen molar-refractivity contribution in [1.82, 2.24) is 9.88 Å². The second-order valence-electron chi connectivity index (χ2n) is 5.70. The van der Waals surface area contributed by atoms with E-state index in [-0.39, 0.29) is 5.78 Å². The van der Waals surface area contributed by atoms with Crippen LogP contribution in [0.5, 0.6) is 0 Å². The maximum Gasteiger partial charge on any atom is 0.130 e. The number of benzene rings is 1. The molecule has 1 aromatic heterocycles. The lowest BCUT2D eigenvalue weighted by Gasteiger charge is -2.03. The molecule has 0 spiro atoms. The lowest BCUT2D eigenvalue weighted by Crippen LogP contribution is -2.10. The molecule has 3 heteroatoms. The highest BCUT2D eigenvalue weighted by atomic mass is 16.1. The van der Waals surface area contributed by atoms with Gasteiger partial charge < -0.3 is 9.69 Å². The molecule has 3 rings (SSSR count). The van der Waals surface area contributed by atoms with Crippen LogP contribution in [0, 0.1) is 0 Å². The first kappa shape index (κ1) is 23.3. The Labute approximate surface area is 154 Å². The van der Waals surface area contributed by atoms with Gasteiger partial charge in [-0.15, -0.1) is 0 Å². The van der Waals surface area contributed by atoms with Crippen LogP contribution < -0.4 is 0 Å². The van der Waals surface area contributed by atoms with Crippen LogP contribution in [0.25, 0.3) is 10.9 Å². The first-order chi connectivity index (χ1) is 12.2. The fourth-order valence-corrected chi connectivity index (χ4v) is 2.56. The monoisotopic (exact) mass is 344 g/mol. The highest BCUT2D eigenvalue weighted by Crippen LogP contribution is 2.17. The van der Waals surface area contributed by atoms with Crippen molar-refractivity contribution in [2.75, 3.05) is 20.1 Å². The molecule has 0 bridgehead atoms. The van der Waals surface area contributed by atoms with Gasteiger partial charge in [-0.25, -0.2) is 0 Å². The van der Waals surface area contributed by atoms with Gasteiger partial charge in [-0.3, -0.25) is 4.98 Å². The molecule has 140 valence electrons. The number of rotatable bonds is 3. The van der Waals surface area contributed by atoms with Crippen molar-refractivity contribution in [3.05, 3.63) is 42.1 Å². The number of carbonyl (C=O) groups excluding carboxylic acids is 1. The van der Waals surface area contributed by atoms with Crippen LogP contribution in [0.15, 0.2) is 36.5 Å². The molecule has 1 saturated heterocycles. The van der Waals surface area contributed by atoms with E-state index in [9.17, 15) is 4.79 Å². The molecule has 0 unspecified atom stereocenters. The second-order valence-corrected chi connectivity index (χ2v) is 5.70. The van der Waals surface area contributed by atoms with Gasteiger partial charge in [-0.1, -0.05) is 45.9 Å². The molecule has 0 aliphatic carbocycles. The smallest absolute Gasteiger partial charge is 0.130 e. The second kappa shape index (κ2) is 14.6. The number of fused-ring (bicyclic) bond motifs is 1. The highest BCUT2D eigenvalue weighted by molar-refractivity contribution is 5.83. The van der Waals surface area contributed by atoms with Crippen molar-refractivity contribution in [2.45, 2.75) is 60.3 Å². The summed E-state index contributed by atoms with van der Waals surface area (Å²) in [5.74, 6) is 0.232. The summed E-state index contributed by atoms with van der Waals surface area (Å²) in [5.41, 5.74) is 2.20. The molecular formula is C22H36N2O. The number of ketones is 1. The van der Waals surface area contributed by atoms with Crippen molar-refractivity contribution in [3.63, 3.8) is 0 Å². The maximum absolute atomic E-state index is 10.9. The predicted octanol–water partition coefficient (Wildman–Crippen LogP) is 5.52. The molecule has 2 heterocycles. The van der Waals surface area contributed by atoms with Gasteiger partial charge in [0.2, 0.25) is 0 Å². The van der Waals surface area contributed by atoms with Gasteiger partial charge in [-0.2, -0.15) is 0 Å². The van der Waals surface area contributed by atoms with Gasteiger partial charge >= 0.3 is 0 Å². The lowest BCUT2D eigenvalue weighted by molar-refractivity contribution is -0.116. The number of hydrogen-bond donors (Lipinski definition) is 0. The third-order valence-corrected chi connectivity index (χ3v) is 3.82. The Morgan fingerprint density at radius 1 is 1.04 bits per heavy atom. The van der Waals surface area contributed by atoms with Gasteiger partial charge in [0.05, 0.1) is 5.52 Å². The summed E-state index contributed by atoms with van der Waals surface area (Å²) in [5, 5.41) is 1.15. The van der Waals surface area contributed by atoms with Crippen molar-refractivity contribution in [2.24, 2.45) is 0 Å². The zero-order valence-corrected chi connectivity index (χ0v) is 17.0. The normalized spacial score (nSPS) is 12.9. The topological polar surface area (TPSA) is 33.2 Å². The van der Waals surface area contributed by atoms with Crippen LogP contribution in [0.1, 0.15) is 59.4 Å². The van der Waals surface area contributed by atoms with E-state index < -0.39 is 0 Å². The first-order valence-electron chi connectivity index (χ1n) is 9.67. The molecule has 0 amide bonds. The van der Waals surface area contributed by atoms with Crippen LogP contribution in [0.2, 0.25) is 0 Å². The molecule has 0 N–H and O–H groups in total. The third kappa shape index (κ3) is 9.35. The van der Waals surface area contributed by atoms with Crippen molar-refractivity contribution >= 4 is 16.7 Å². The standard InChI is InChI=1S/C13H13NO.C5H11N.2C2H6/c1-10(15)6-7-11-8-9-14-13-5-3-2-4-12(11)13;1-6-4-2-3-5-6;2*1-2/h2-5,8-9H,6-7H2,1H3;2-5H2,1H3;2*1-2H3. The van der Waals surface area contributed by atoms with Gasteiger partial charge in [0.15, 0.2) is 0 Å². The van der Waals surface area contributed by atoms with E-state index in [1.165, 1.54) is 31.5 Å². The number of para-hydroxylation sites is 1. The highest BCUT2D eigenvalue weighted by Gasteiger charge is 2.03. The molecule has 2 aromatic rings. The van der Waals surface area contributed by atoms with E-state index in [0.717, 1.165) is 17.3 Å². The summed E-state index contributed by atoms with van der Waals surface area (Å²) >= 11 is 0. The fourth-order valence-electron chi connectivity index (χ4n) is 2.56. The molecule has 25 heavy (non-hydrogen) atoms. The fraction of sp³-hybridized carbons (Fsp3) is 0.545. The lowest BCUT2D eigenvalue weighted by atomic mass is 10.0. The molecule has 1 aliphatic heterocycles. The average Bonchev–Trinajstić information content (AvgIpc) is 3.15. The Hall–Kier alpha value is -1.74. The molecular weight excluding hydrogens is 308 g/mol. The van der Waals surface area contributed by atoms with Crippen LogP contribution in [0.4, 0.5) is 0 Å². The quantitative estimate of drug-likeness (QED) is 0.735. The van der Waals surface area contributed by atoms with Crippen LogP contribution in [-0.4, -0.2) is 35.8 Å². The number of carbonyl (C=O) groups is 1. The van der Waals surface area contributed by atoms with E-state index in [1.807, 2.05) is 52.0 Å². The summed E-state index contributed by atoms with van der Waals surface area (Å²) in [7, 11) is 2.17. The molecule has 1 aromatic carbocycles. The van der Waals surface area contributed by atoms with E-state index in [4.69, 9.17) is 0 Å². The van der Waals surface area contributed by atoms with Crippen molar-refractivity contribution in [1.29, 1.82) is 0 Å². The van der Waals surface area contributed by atoms with E-state index in [0.29, 0.717) is 6.42 Å². The van der Waals surface area contributed by atoms with E-state index in [1.54, 1.807) is 13.1 Å². The minimum absolute atomic E-state index is 0.232. The third-order valence-electron chi connectivity index (χ3n) is 3.82. The number of nitrogens with zero attached hydrogens (tertiary/aromatic N) is 2. The number of pyridine rings is 1. The van der Waals surface area contributed by atoms with Crippen LogP contribution in [0.3, 0.4) is 0 Å². The van der Waals surface area contributed by atoms with Crippen molar-refractivity contribution < 1.29 is 4.79 Å². The molecule has 0 saturated carbocycles. The van der Waals surface area contributed by atoms with Gasteiger partial charge in [0.1, 0.15) is 5.78 Å². The SMILES string of the molecule is CC.CC.CC(=O)CCc1ccnc2ccccc12.CN1CCCC1. The number of aryl methyl sites for hydroxylation is 1. The number of likely N-dealkylation sites (tertiary alicyclic amines) is 1. The van der Waals surface area contributed by atoms with Gasteiger partial charge in [0, 0.05) is 18.0 Å². The first-order valence-corrected chi connectivity index (χ1v) is 9.67. The van der Waals surface area contributed by atoms with E-state index in [2.05, 4.69) is 23.0 Å². The van der Waals surface area contributed by atoms with Gasteiger partial charge in [0.25, 0.3) is 0 Å². The number of Topliss-reactive ketones (excluding diaryl/α,β-unsaturated/α-hetero) is 1. The maximum atomic E-state index is 10.9. The molecule has 3 nitrogen and oxygen atoms in total. The van der Waals surface area contributed by atoms with E-state index >= 15 is 0 Å². The molecule has 0 atom stereocenters. The summed E-state index contributed by atoms with van der Waals surface area (Å²) in [6.45, 7) is 12.3. The number of hydrogen-bond acceptors (Lipinski definition) is 3. The van der Waals surface area contributed by atoms with Crippen LogP contribution >= 0.6 is 0 Å². The summed E-state index contributed by atoms with van der Waals surface area (Å²) < 4.78 is 0. The Kier molecular flexibility index (Phi) is 13.6. The Morgan fingerprint density at radius 2 is 1.64 bits per heavy atom. The minimum atomic E-state index is 0.232. The minimum Gasteiger partial charge on any atom is -0.306 e. The Morgan fingerprint density at radius 3 is 2.16 bits per heavy atom. The zero-order valence-electron chi connectivity index (χ0n) is 17.0. The number of aromatic nitrogens is 1. The average molecular weight is 345 g/mol. The summed E-state index contributed by atoms with van der Waals surface area (Å²) in [6.07, 6.45) is 6.04. The largest absolute Gasteiger partial charge is 0.306 e. The van der Waals surface area contributed by atoms with Gasteiger partial charge in [-0.05, 0) is 64.0 Å². The summed E-state index contributed by atoms with van der Waals surface area (Å²) in [6, 6.07) is 10.0.